The highest BCUT2D eigenvalue weighted by atomic mass is 16.1. The summed E-state index contributed by atoms with van der Waals surface area (Å²) in [4.78, 5) is 11.9. The maximum atomic E-state index is 11.9. The van der Waals surface area contributed by atoms with Gasteiger partial charge in [-0.05, 0) is 19.8 Å². The lowest BCUT2D eigenvalue weighted by Crippen LogP contribution is -2.35. The van der Waals surface area contributed by atoms with Crippen molar-refractivity contribution in [3.05, 3.63) is 35.4 Å². The molecule has 0 atom stereocenters. The summed E-state index contributed by atoms with van der Waals surface area (Å²) in [6, 6.07) is 8.38. The number of rotatable bonds is 4. The molecular weight excluding hydrogens is 210 g/mol. The summed E-state index contributed by atoms with van der Waals surface area (Å²) in [6.07, 6.45) is 6.40. The number of carbonyl (C=O) groups excluding carboxylic acids is 1. The summed E-state index contributed by atoms with van der Waals surface area (Å²) in [7, 11) is 0. The van der Waals surface area contributed by atoms with Crippen molar-refractivity contribution in [1.29, 1.82) is 0 Å². The Morgan fingerprint density at radius 3 is 2.47 bits per heavy atom. The van der Waals surface area contributed by atoms with Crippen LogP contribution in [0.3, 0.4) is 0 Å². The summed E-state index contributed by atoms with van der Waals surface area (Å²) in [5, 5.41) is 3.38. The third kappa shape index (κ3) is 3.67. The zero-order chi connectivity index (χ0) is 12.1. The molecule has 92 valence electrons. The van der Waals surface area contributed by atoms with E-state index >= 15 is 0 Å². The van der Waals surface area contributed by atoms with Crippen LogP contribution in [0.4, 0.5) is 0 Å². The number of hydrogen-bond acceptors (Lipinski definition) is 2. The Morgan fingerprint density at radius 1 is 1.18 bits per heavy atom. The van der Waals surface area contributed by atoms with E-state index in [4.69, 9.17) is 0 Å². The first kappa shape index (κ1) is 12.3. The van der Waals surface area contributed by atoms with E-state index in [1.165, 1.54) is 37.7 Å². The molecule has 2 heteroatoms. The molecule has 1 aliphatic carbocycles. The lowest BCUT2D eigenvalue weighted by atomic mass is 9.95. The second-order valence-electron chi connectivity index (χ2n) is 5.01. The molecule has 1 N–H and O–H groups in total. The fourth-order valence-electron chi connectivity index (χ4n) is 2.39. The molecule has 0 bridgehead atoms. The molecule has 1 aromatic carbocycles. The molecule has 1 aliphatic rings. The van der Waals surface area contributed by atoms with Crippen molar-refractivity contribution >= 4 is 5.78 Å². The van der Waals surface area contributed by atoms with Gasteiger partial charge in [0.15, 0.2) is 5.78 Å². The Balaban J connectivity index is 1.82. The van der Waals surface area contributed by atoms with Crippen LogP contribution in [0.5, 0.6) is 0 Å². The molecule has 0 amide bonds. The fraction of sp³-hybridized carbons (Fsp3) is 0.533. The second kappa shape index (κ2) is 5.97. The monoisotopic (exact) mass is 231 g/mol. The maximum absolute atomic E-state index is 11.9. The average Bonchev–Trinajstić information content (AvgIpc) is 2.38. The quantitative estimate of drug-likeness (QED) is 0.807. The third-order valence-corrected chi connectivity index (χ3v) is 3.53. The van der Waals surface area contributed by atoms with Crippen LogP contribution < -0.4 is 5.32 Å². The molecular formula is C15H21NO. The van der Waals surface area contributed by atoms with Gasteiger partial charge in [-0.1, -0.05) is 49.1 Å². The molecule has 2 nitrogen and oxygen atoms in total. The minimum absolute atomic E-state index is 0.204. The van der Waals surface area contributed by atoms with Crippen molar-refractivity contribution in [3.8, 4) is 0 Å². The minimum atomic E-state index is 0.204. The largest absolute Gasteiger partial charge is 0.307 e. The van der Waals surface area contributed by atoms with Gasteiger partial charge in [-0.25, -0.2) is 0 Å². The Hall–Kier alpha value is -1.15. The average molecular weight is 231 g/mol. The van der Waals surface area contributed by atoms with Gasteiger partial charge < -0.3 is 5.32 Å². The highest BCUT2D eigenvalue weighted by Gasteiger charge is 2.14. The van der Waals surface area contributed by atoms with Crippen molar-refractivity contribution in [1.82, 2.24) is 5.32 Å². The van der Waals surface area contributed by atoms with Gasteiger partial charge in [-0.3, -0.25) is 4.79 Å². The van der Waals surface area contributed by atoms with Gasteiger partial charge in [0.25, 0.3) is 0 Å². The molecule has 1 saturated carbocycles. The Kier molecular flexibility index (Phi) is 4.32. The van der Waals surface area contributed by atoms with Crippen LogP contribution in [0.2, 0.25) is 0 Å². The van der Waals surface area contributed by atoms with Crippen LogP contribution in [-0.4, -0.2) is 18.4 Å². The van der Waals surface area contributed by atoms with E-state index in [1.54, 1.807) is 0 Å². The summed E-state index contributed by atoms with van der Waals surface area (Å²) in [5.74, 6) is 0.204. The zero-order valence-corrected chi connectivity index (χ0v) is 10.5. The normalized spacial score (nSPS) is 17.0. The van der Waals surface area contributed by atoms with E-state index in [0.717, 1.165) is 5.56 Å². The highest BCUT2D eigenvalue weighted by molar-refractivity contribution is 5.97. The molecule has 0 heterocycles. The van der Waals surface area contributed by atoms with Crippen molar-refractivity contribution in [2.75, 3.05) is 6.54 Å². The number of nitrogens with one attached hydrogen (secondary N) is 1. The van der Waals surface area contributed by atoms with Gasteiger partial charge in [-0.15, -0.1) is 0 Å². The van der Waals surface area contributed by atoms with E-state index in [2.05, 4.69) is 5.32 Å². The number of carbonyl (C=O) groups is 1. The van der Waals surface area contributed by atoms with Crippen LogP contribution in [0, 0.1) is 6.92 Å². The Bertz CT molecular complexity index is 363. The molecule has 1 fully saturated rings. The predicted molar refractivity (Wildman–Crippen MR) is 70.4 cm³/mol. The van der Waals surface area contributed by atoms with Gasteiger partial charge in [0, 0.05) is 11.6 Å². The van der Waals surface area contributed by atoms with E-state index in [0.29, 0.717) is 12.6 Å². The van der Waals surface area contributed by atoms with Crippen LogP contribution in [0.1, 0.15) is 48.0 Å². The van der Waals surface area contributed by atoms with Crippen LogP contribution in [0.15, 0.2) is 24.3 Å². The molecule has 2 rings (SSSR count). The Morgan fingerprint density at radius 2 is 1.82 bits per heavy atom. The molecule has 17 heavy (non-hydrogen) atoms. The number of ketones is 1. The molecule has 0 radical (unpaired) electrons. The minimum Gasteiger partial charge on any atom is -0.307 e. The summed E-state index contributed by atoms with van der Waals surface area (Å²) >= 11 is 0. The fourth-order valence-corrected chi connectivity index (χ4v) is 2.39. The Labute approximate surface area is 103 Å². The third-order valence-electron chi connectivity index (χ3n) is 3.53. The van der Waals surface area contributed by atoms with Crippen molar-refractivity contribution in [2.45, 2.75) is 45.1 Å². The summed E-state index contributed by atoms with van der Waals surface area (Å²) in [5.41, 5.74) is 2.01. The molecule has 0 unspecified atom stereocenters. The zero-order valence-electron chi connectivity index (χ0n) is 10.5. The summed E-state index contributed by atoms with van der Waals surface area (Å²) < 4.78 is 0. The van der Waals surface area contributed by atoms with E-state index in [-0.39, 0.29) is 5.78 Å². The van der Waals surface area contributed by atoms with Gasteiger partial charge in [0.2, 0.25) is 0 Å². The maximum Gasteiger partial charge on any atom is 0.176 e. The molecule has 0 spiro atoms. The topological polar surface area (TPSA) is 29.1 Å². The first-order valence-corrected chi connectivity index (χ1v) is 6.59. The van der Waals surface area contributed by atoms with Crippen LogP contribution >= 0.6 is 0 Å². The van der Waals surface area contributed by atoms with Gasteiger partial charge in [-0.2, -0.15) is 0 Å². The van der Waals surface area contributed by atoms with Crippen molar-refractivity contribution < 1.29 is 4.79 Å². The SMILES string of the molecule is Cc1ccc(C(=O)CNC2CCCCC2)cc1. The molecule has 1 aromatic rings. The van der Waals surface area contributed by atoms with Gasteiger partial charge >= 0.3 is 0 Å². The van der Waals surface area contributed by atoms with Gasteiger partial charge in [0.05, 0.1) is 6.54 Å². The highest BCUT2D eigenvalue weighted by Crippen LogP contribution is 2.17. The van der Waals surface area contributed by atoms with Crippen molar-refractivity contribution in [2.24, 2.45) is 0 Å². The number of hydrogen-bond donors (Lipinski definition) is 1. The molecule has 0 saturated heterocycles. The predicted octanol–water partition coefficient (Wildman–Crippen LogP) is 3.10. The molecule has 0 aliphatic heterocycles. The number of aryl methyl sites for hydroxylation is 1. The van der Waals surface area contributed by atoms with Gasteiger partial charge in [0.1, 0.15) is 0 Å². The van der Waals surface area contributed by atoms with E-state index in [1.807, 2.05) is 31.2 Å². The van der Waals surface area contributed by atoms with Crippen LogP contribution in [-0.2, 0) is 0 Å². The lowest BCUT2D eigenvalue weighted by molar-refractivity contribution is 0.0985. The number of benzene rings is 1. The van der Waals surface area contributed by atoms with Crippen molar-refractivity contribution in [3.63, 3.8) is 0 Å². The molecule has 0 aromatic heterocycles. The van der Waals surface area contributed by atoms with E-state index < -0.39 is 0 Å². The van der Waals surface area contributed by atoms with E-state index in [9.17, 15) is 4.79 Å². The standard InChI is InChI=1S/C15H21NO/c1-12-7-9-13(10-8-12)15(17)11-16-14-5-3-2-4-6-14/h7-10,14,16H,2-6,11H2,1H3. The first-order valence-electron chi connectivity index (χ1n) is 6.59. The first-order chi connectivity index (χ1) is 8.25. The lowest BCUT2D eigenvalue weighted by Gasteiger charge is -2.22. The smallest absolute Gasteiger partial charge is 0.176 e. The van der Waals surface area contributed by atoms with Crippen LogP contribution in [0.25, 0.3) is 0 Å². The number of Topliss-reactive ketones (excluding diaryl/α,β-unsaturated/α-hetero) is 1. The summed E-state index contributed by atoms with van der Waals surface area (Å²) in [6.45, 7) is 2.52. The second-order valence-corrected chi connectivity index (χ2v) is 5.01.